The standard InChI is InChI=1S/C49H28N4S/c50-29-30-18-23-45-39(26-30)36-14-6-7-15-42(36)51(45)32-19-24-46-40(27-32)41-28-33(20-25-47(41)54-46)53-44-17-9-5-13-35(44)38-22-21-37-34-12-4-8-16-43(34)52(48(37)49(38)53)31-10-2-1-3-11-31/h1-28H. The minimum Gasteiger partial charge on any atom is -0.309 e. The molecule has 4 aromatic heterocycles. The summed E-state index contributed by atoms with van der Waals surface area (Å²) in [5, 5.41) is 19.4. The predicted molar refractivity (Wildman–Crippen MR) is 227 cm³/mol. The van der Waals surface area contributed by atoms with Crippen molar-refractivity contribution in [2.75, 3.05) is 0 Å². The van der Waals surface area contributed by atoms with Gasteiger partial charge in [-0.2, -0.15) is 5.26 Å². The van der Waals surface area contributed by atoms with Crippen molar-refractivity contribution < 1.29 is 0 Å². The molecule has 0 radical (unpaired) electrons. The van der Waals surface area contributed by atoms with E-state index < -0.39 is 0 Å². The Bertz CT molecular complexity index is 3570. The molecule has 0 fully saturated rings. The van der Waals surface area contributed by atoms with Gasteiger partial charge in [0.15, 0.2) is 0 Å². The fraction of sp³-hybridized carbons (Fsp3) is 0. The number of fused-ring (bicyclic) bond motifs is 13. The molecule has 0 unspecified atom stereocenters. The lowest BCUT2D eigenvalue weighted by molar-refractivity contribution is 1.15. The van der Waals surface area contributed by atoms with Crippen LogP contribution < -0.4 is 0 Å². The van der Waals surface area contributed by atoms with Crippen LogP contribution >= 0.6 is 11.3 Å². The van der Waals surface area contributed by atoms with E-state index in [1.165, 1.54) is 63.8 Å². The van der Waals surface area contributed by atoms with E-state index >= 15 is 0 Å². The molecule has 8 aromatic carbocycles. The van der Waals surface area contributed by atoms with Gasteiger partial charge in [0.05, 0.1) is 44.7 Å². The van der Waals surface area contributed by atoms with Crippen LogP contribution in [0.1, 0.15) is 5.56 Å². The summed E-state index contributed by atoms with van der Waals surface area (Å²) in [5.41, 5.74) is 11.1. The Balaban J connectivity index is 1.16. The van der Waals surface area contributed by atoms with Crippen LogP contribution in [0.5, 0.6) is 0 Å². The molecule has 0 atom stereocenters. The summed E-state index contributed by atoms with van der Waals surface area (Å²) in [6, 6.07) is 63.6. The fourth-order valence-corrected chi connectivity index (χ4v) is 10.0. The van der Waals surface area contributed by atoms with Crippen molar-refractivity contribution in [2.24, 2.45) is 0 Å². The van der Waals surface area contributed by atoms with Gasteiger partial charge < -0.3 is 13.7 Å². The lowest BCUT2D eigenvalue weighted by Gasteiger charge is -2.13. The topological polar surface area (TPSA) is 38.6 Å². The number of aromatic nitrogens is 3. The largest absolute Gasteiger partial charge is 0.309 e. The molecule has 0 N–H and O–H groups in total. The molecule has 12 aromatic rings. The maximum Gasteiger partial charge on any atom is 0.0991 e. The van der Waals surface area contributed by atoms with E-state index in [9.17, 15) is 5.26 Å². The average molecular weight is 705 g/mol. The Kier molecular flexibility index (Phi) is 5.97. The third kappa shape index (κ3) is 3.95. The maximum atomic E-state index is 9.69. The van der Waals surface area contributed by atoms with Crippen LogP contribution in [0.4, 0.5) is 0 Å². The van der Waals surface area contributed by atoms with Crippen LogP contribution in [0.15, 0.2) is 170 Å². The monoisotopic (exact) mass is 704 g/mol. The van der Waals surface area contributed by atoms with Crippen molar-refractivity contribution in [1.29, 1.82) is 5.26 Å². The molecule has 5 heteroatoms. The molecule has 0 saturated carbocycles. The fourth-order valence-electron chi connectivity index (χ4n) is 8.97. The summed E-state index contributed by atoms with van der Waals surface area (Å²) in [4.78, 5) is 0. The van der Waals surface area contributed by atoms with Gasteiger partial charge in [0.25, 0.3) is 0 Å². The van der Waals surface area contributed by atoms with Crippen molar-refractivity contribution in [2.45, 2.75) is 0 Å². The van der Waals surface area contributed by atoms with Gasteiger partial charge in [-0.05, 0) is 84.9 Å². The molecule has 0 aliphatic rings. The third-order valence-corrected chi connectivity index (χ3v) is 12.4. The Morgan fingerprint density at radius 3 is 1.43 bits per heavy atom. The number of rotatable bonds is 3. The van der Waals surface area contributed by atoms with Gasteiger partial charge >= 0.3 is 0 Å². The predicted octanol–water partition coefficient (Wildman–Crippen LogP) is 13.2. The summed E-state index contributed by atoms with van der Waals surface area (Å²) in [7, 11) is 0. The number of nitrogens with zero attached hydrogens (tertiary/aromatic N) is 4. The summed E-state index contributed by atoms with van der Waals surface area (Å²) in [6.07, 6.45) is 0. The molecule has 0 spiro atoms. The lowest BCUT2D eigenvalue weighted by atomic mass is 10.1. The first-order chi connectivity index (χ1) is 26.7. The first kappa shape index (κ1) is 29.4. The van der Waals surface area contributed by atoms with Gasteiger partial charge in [-0.3, -0.25) is 0 Å². The van der Waals surface area contributed by atoms with Crippen LogP contribution in [0.25, 0.3) is 103 Å². The summed E-state index contributed by atoms with van der Waals surface area (Å²) in [5.74, 6) is 0. The minimum absolute atomic E-state index is 0.670. The van der Waals surface area contributed by atoms with Crippen LogP contribution in [-0.4, -0.2) is 13.7 Å². The van der Waals surface area contributed by atoms with E-state index in [1.54, 1.807) is 0 Å². The van der Waals surface area contributed by atoms with Crippen molar-refractivity contribution in [1.82, 2.24) is 13.7 Å². The summed E-state index contributed by atoms with van der Waals surface area (Å²) >= 11 is 1.84. The van der Waals surface area contributed by atoms with Gasteiger partial charge in [0.1, 0.15) is 0 Å². The first-order valence-corrected chi connectivity index (χ1v) is 19.0. The minimum atomic E-state index is 0.670. The molecule has 4 heterocycles. The first-order valence-electron chi connectivity index (χ1n) is 18.2. The van der Waals surface area contributed by atoms with Crippen LogP contribution in [-0.2, 0) is 0 Å². The van der Waals surface area contributed by atoms with E-state index in [0.29, 0.717) is 5.56 Å². The molecule has 0 bridgehead atoms. The number of thiophene rings is 1. The second kappa shape index (κ2) is 10.9. The highest BCUT2D eigenvalue weighted by atomic mass is 32.1. The molecule has 0 amide bonds. The Morgan fingerprint density at radius 2 is 0.833 bits per heavy atom. The van der Waals surface area contributed by atoms with E-state index in [2.05, 4.69) is 177 Å². The molecule has 250 valence electrons. The quantitative estimate of drug-likeness (QED) is 0.180. The number of nitriles is 1. The number of hydrogen-bond donors (Lipinski definition) is 0. The van der Waals surface area contributed by atoms with Gasteiger partial charge in [0.2, 0.25) is 0 Å². The van der Waals surface area contributed by atoms with Crippen LogP contribution in [0.2, 0.25) is 0 Å². The van der Waals surface area contributed by atoms with Crippen LogP contribution in [0, 0.1) is 11.3 Å². The van der Waals surface area contributed by atoms with Gasteiger partial charge in [0, 0.05) is 69.6 Å². The molecule has 0 saturated heterocycles. The summed E-state index contributed by atoms with van der Waals surface area (Å²) in [6.45, 7) is 0. The van der Waals surface area contributed by atoms with E-state index in [1.807, 2.05) is 23.5 Å². The highest BCUT2D eigenvalue weighted by Crippen LogP contribution is 2.44. The number of para-hydroxylation sites is 4. The van der Waals surface area contributed by atoms with Crippen molar-refractivity contribution in [3.05, 3.63) is 175 Å². The molecule has 0 aliphatic heterocycles. The summed E-state index contributed by atoms with van der Waals surface area (Å²) < 4.78 is 9.78. The van der Waals surface area contributed by atoms with Crippen molar-refractivity contribution in [3.63, 3.8) is 0 Å². The zero-order valence-corrected chi connectivity index (χ0v) is 29.7. The molecule has 12 rings (SSSR count). The Hall–Kier alpha value is -7.13. The van der Waals surface area contributed by atoms with E-state index in [0.717, 1.165) is 38.9 Å². The number of hydrogen-bond acceptors (Lipinski definition) is 2. The average Bonchev–Trinajstić information content (AvgIpc) is 3.96. The van der Waals surface area contributed by atoms with Gasteiger partial charge in [-0.25, -0.2) is 0 Å². The zero-order valence-electron chi connectivity index (χ0n) is 28.9. The molecular weight excluding hydrogens is 677 g/mol. The highest BCUT2D eigenvalue weighted by molar-refractivity contribution is 7.25. The third-order valence-electron chi connectivity index (χ3n) is 11.2. The second-order valence-corrected chi connectivity index (χ2v) is 15.1. The molecule has 4 nitrogen and oxygen atoms in total. The normalized spacial score (nSPS) is 12.1. The number of benzene rings is 8. The SMILES string of the molecule is N#Cc1ccc2c(c1)c1ccccc1n2-c1ccc2sc3ccc(-n4c5ccccc5c5ccc6c7ccccc7n(-c7ccccc7)c6c54)cc3c2c1. The highest BCUT2D eigenvalue weighted by Gasteiger charge is 2.22. The van der Waals surface area contributed by atoms with Gasteiger partial charge in [-0.1, -0.05) is 84.9 Å². The molecule has 54 heavy (non-hydrogen) atoms. The van der Waals surface area contributed by atoms with Crippen molar-refractivity contribution >= 4 is 96.9 Å². The maximum absolute atomic E-state index is 9.69. The lowest BCUT2D eigenvalue weighted by Crippen LogP contribution is -1.98. The molecule has 0 aliphatic carbocycles. The smallest absolute Gasteiger partial charge is 0.0991 e. The molecular formula is C49H28N4S. The van der Waals surface area contributed by atoms with Gasteiger partial charge in [-0.15, -0.1) is 11.3 Å². The second-order valence-electron chi connectivity index (χ2n) is 14.1. The van der Waals surface area contributed by atoms with Crippen molar-refractivity contribution in [3.8, 4) is 23.1 Å². The van der Waals surface area contributed by atoms with E-state index in [-0.39, 0.29) is 0 Å². The van der Waals surface area contributed by atoms with Crippen LogP contribution in [0.3, 0.4) is 0 Å². The van der Waals surface area contributed by atoms with E-state index in [4.69, 9.17) is 0 Å². The Labute approximate surface area is 313 Å². The zero-order chi connectivity index (χ0) is 35.5. The Morgan fingerprint density at radius 1 is 0.352 bits per heavy atom.